The minimum atomic E-state index is -0.218. The number of carbonyl (C=O) groups is 1. The van der Waals surface area contributed by atoms with Crippen molar-refractivity contribution in [3.05, 3.63) is 42.5 Å². The largest absolute Gasteiger partial charge is 0.457 e. The van der Waals surface area contributed by atoms with Crippen LogP contribution in [-0.2, 0) is 4.74 Å². The topological polar surface area (TPSA) is 94.0 Å². The van der Waals surface area contributed by atoms with E-state index in [0.29, 0.717) is 36.8 Å². The van der Waals surface area contributed by atoms with Crippen molar-refractivity contribution in [3.63, 3.8) is 0 Å². The molecule has 7 heteroatoms. The molecule has 0 aromatic heterocycles. The number of hydrogen-bond acceptors (Lipinski definition) is 6. The van der Waals surface area contributed by atoms with Crippen LogP contribution in [-0.4, -0.2) is 43.8 Å². The van der Waals surface area contributed by atoms with Crippen LogP contribution in [0.15, 0.2) is 42.5 Å². The molecular weight excluding hydrogens is 356 g/mol. The molecule has 0 bridgehead atoms. The number of nitrogens with two attached hydrogens (primary N) is 2. The number of likely N-dealkylation sites (N-methyl/N-ethyl adjacent to an activating group) is 1. The third-order valence-corrected chi connectivity index (χ3v) is 4.93. The number of likely N-dealkylation sites (tertiary alicyclic amines) is 1. The van der Waals surface area contributed by atoms with Crippen molar-refractivity contribution in [2.75, 3.05) is 43.1 Å². The molecule has 3 rings (SSSR count). The molecule has 1 saturated heterocycles. The van der Waals surface area contributed by atoms with Gasteiger partial charge in [-0.1, -0.05) is 13.3 Å². The summed E-state index contributed by atoms with van der Waals surface area (Å²) in [6.07, 6.45) is 1.70. The Balaban J connectivity index is 1.51. The number of rotatable bonds is 7. The molecule has 1 aliphatic heterocycles. The normalized spacial score (nSPS) is 13.7. The van der Waals surface area contributed by atoms with Gasteiger partial charge in [0.25, 0.3) is 0 Å². The fourth-order valence-electron chi connectivity index (χ4n) is 2.96. The Morgan fingerprint density at radius 1 is 1.11 bits per heavy atom. The summed E-state index contributed by atoms with van der Waals surface area (Å²) >= 11 is 0. The van der Waals surface area contributed by atoms with Gasteiger partial charge in [-0.3, -0.25) is 0 Å². The maximum absolute atomic E-state index is 11.9. The number of nitrogen functional groups attached to an aromatic ring is 2. The average molecular weight is 384 g/mol. The fourth-order valence-corrected chi connectivity index (χ4v) is 2.96. The average Bonchev–Trinajstić information content (AvgIpc) is 2.64. The minimum Gasteiger partial charge on any atom is -0.457 e. The zero-order valence-electron chi connectivity index (χ0n) is 16.4. The van der Waals surface area contributed by atoms with Crippen molar-refractivity contribution in [2.45, 2.75) is 25.8 Å². The Morgan fingerprint density at radius 2 is 1.79 bits per heavy atom. The van der Waals surface area contributed by atoms with Crippen LogP contribution in [0.5, 0.6) is 11.5 Å². The number of anilines is 3. The molecule has 1 heterocycles. The van der Waals surface area contributed by atoms with Crippen LogP contribution in [0.25, 0.3) is 0 Å². The van der Waals surface area contributed by atoms with Gasteiger partial charge in [-0.05, 0) is 42.8 Å². The highest BCUT2D eigenvalue weighted by Crippen LogP contribution is 2.29. The third-order valence-electron chi connectivity index (χ3n) is 4.93. The van der Waals surface area contributed by atoms with Crippen molar-refractivity contribution in [1.29, 1.82) is 0 Å². The summed E-state index contributed by atoms with van der Waals surface area (Å²) in [5.74, 6) is 1.36. The number of unbranched alkanes of at least 4 members (excludes halogenated alkanes) is 1. The lowest BCUT2D eigenvalue weighted by atomic mass is 10.1. The second kappa shape index (κ2) is 8.73. The highest BCUT2D eigenvalue weighted by Gasteiger charge is 2.34. The van der Waals surface area contributed by atoms with E-state index in [1.54, 1.807) is 23.1 Å². The molecule has 1 aliphatic rings. The molecule has 0 unspecified atom stereocenters. The highest BCUT2D eigenvalue weighted by molar-refractivity contribution is 5.69. The molecule has 7 nitrogen and oxygen atoms in total. The van der Waals surface area contributed by atoms with Gasteiger partial charge >= 0.3 is 6.09 Å². The Morgan fingerprint density at radius 3 is 2.43 bits per heavy atom. The first-order valence-corrected chi connectivity index (χ1v) is 9.55. The Labute approximate surface area is 165 Å². The van der Waals surface area contributed by atoms with Crippen LogP contribution < -0.4 is 21.1 Å². The van der Waals surface area contributed by atoms with Crippen LogP contribution in [0.3, 0.4) is 0 Å². The zero-order valence-corrected chi connectivity index (χ0v) is 16.4. The monoisotopic (exact) mass is 384 g/mol. The first-order valence-electron chi connectivity index (χ1n) is 9.55. The van der Waals surface area contributed by atoms with Gasteiger partial charge in [0.05, 0.1) is 24.0 Å². The van der Waals surface area contributed by atoms with Crippen molar-refractivity contribution in [3.8, 4) is 11.5 Å². The smallest absolute Gasteiger partial charge is 0.409 e. The summed E-state index contributed by atoms with van der Waals surface area (Å²) in [6, 6.07) is 13.3. The fraction of sp³-hybridized carbons (Fsp3) is 0.381. The van der Waals surface area contributed by atoms with Crippen molar-refractivity contribution < 1.29 is 14.3 Å². The first-order chi connectivity index (χ1) is 13.5. The molecule has 1 fully saturated rings. The first kappa shape index (κ1) is 19.7. The van der Waals surface area contributed by atoms with E-state index in [9.17, 15) is 4.79 Å². The summed E-state index contributed by atoms with van der Waals surface area (Å²) in [6.45, 7) is 3.91. The number of ether oxygens (including phenoxy) is 2. The molecule has 1 amide bonds. The lowest BCUT2D eigenvalue weighted by molar-refractivity contribution is 0.0708. The lowest BCUT2D eigenvalue weighted by Crippen LogP contribution is -2.60. The maximum atomic E-state index is 11.9. The molecule has 0 spiro atoms. The van der Waals surface area contributed by atoms with Crippen LogP contribution in [0.2, 0.25) is 0 Å². The Hall–Kier alpha value is -3.09. The van der Waals surface area contributed by atoms with E-state index >= 15 is 0 Å². The number of benzene rings is 2. The van der Waals surface area contributed by atoms with Crippen LogP contribution in [0.1, 0.15) is 19.8 Å². The van der Waals surface area contributed by atoms with Gasteiger partial charge in [-0.25, -0.2) is 4.79 Å². The number of hydrogen-bond donors (Lipinski definition) is 2. The van der Waals surface area contributed by atoms with Gasteiger partial charge in [-0.15, -0.1) is 0 Å². The predicted molar refractivity (Wildman–Crippen MR) is 112 cm³/mol. The summed E-state index contributed by atoms with van der Waals surface area (Å²) < 4.78 is 11.1. The van der Waals surface area contributed by atoms with E-state index in [0.717, 1.165) is 24.3 Å². The molecule has 2 aromatic carbocycles. The molecular formula is C21H28N4O3. The van der Waals surface area contributed by atoms with Gasteiger partial charge < -0.3 is 30.7 Å². The van der Waals surface area contributed by atoms with Gasteiger partial charge in [0.2, 0.25) is 0 Å². The Kier molecular flexibility index (Phi) is 6.13. The Bertz CT molecular complexity index is 804. The van der Waals surface area contributed by atoms with Gasteiger partial charge in [0.1, 0.15) is 11.5 Å². The highest BCUT2D eigenvalue weighted by atomic mass is 16.6. The minimum absolute atomic E-state index is 0.218. The van der Waals surface area contributed by atoms with E-state index < -0.39 is 0 Å². The molecule has 0 aliphatic carbocycles. The molecule has 0 saturated carbocycles. The van der Waals surface area contributed by atoms with E-state index in [1.807, 2.05) is 31.3 Å². The number of amides is 1. The standard InChI is InChI=1S/C21H28N4O3/c1-3-4-11-27-21(26)25-13-16(14-25)24(2)15-5-7-17(8-6-15)28-18-9-10-19(22)20(23)12-18/h5-10,12,16H,3-4,11,13-14,22-23H2,1-2H3. The quantitative estimate of drug-likeness (QED) is 0.558. The predicted octanol–water partition coefficient (Wildman–Crippen LogP) is 3.70. The van der Waals surface area contributed by atoms with Gasteiger partial charge in [-0.2, -0.15) is 0 Å². The van der Waals surface area contributed by atoms with E-state index in [4.69, 9.17) is 20.9 Å². The SMILES string of the molecule is CCCCOC(=O)N1CC(N(C)c2ccc(Oc3ccc(N)c(N)c3)cc2)C1. The number of nitrogens with zero attached hydrogens (tertiary/aromatic N) is 2. The van der Waals surface area contributed by atoms with Crippen molar-refractivity contribution in [2.24, 2.45) is 0 Å². The second-order valence-corrected chi connectivity index (χ2v) is 7.02. The molecule has 150 valence electrons. The van der Waals surface area contributed by atoms with E-state index in [2.05, 4.69) is 11.8 Å². The van der Waals surface area contributed by atoms with Crippen molar-refractivity contribution >= 4 is 23.2 Å². The summed E-state index contributed by atoms with van der Waals surface area (Å²) in [7, 11) is 2.03. The summed E-state index contributed by atoms with van der Waals surface area (Å²) in [4.78, 5) is 15.8. The lowest BCUT2D eigenvalue weighted by Gasteiger charge is -2.44. The molecule has 0 atom stereocenters. The van der Waals surface area contributed by atoms with Gasteiger partial charge in [0, 0.05) is 31.9 Å². The van der Waals surface area contributed by atoms with Gasteiger partial charge in [0.15, 0.2) is 0 Å². The summed E-state index contributed by atoms with van der Waals surface area (Å²) in [5.41, 5.74) is 13.6. The van der Waals surface area contributed by atoms with Crippen LogP contribution >= 0.6 is 0 Å². The summed E-state index contributed by atoms with van der Waals surface area (Å²) in [5, 5.41) is 0. The van der Waals surface area contributed by atoms with Crippen LogP contribution in [0.4, 0.5) is 21.9 Å². The van der Waals surface area contributed by atoms with E-state index in [-0.39, 0.29) is 12.1 Å². The number of carbonyl (C=O) groups excluding carboxylic acids is 1. The van der Waals surface area contributed by atoms with Crippen LogP contribution in [0, 0.1) is 0 Å². The maximum Gasteiger partial charge on any atom is 0.409 e. The van der Waals surface area contributed by atoms with E-state index in [1.165, 1.54) is 0 Å². The zero-order chi connectivity index (χ0) is 20.1. The molecule has 0 radical (unpaired) electrons. The second-order valence-electron chi connectivity index (χ2n) is 7.02. The molecule has 2 aromatic rings. The molecule has 28 heavy (non-hydrogen) atoms. The molecule has 4 N–H and O–H groups in total. The van der Waals surface area contributed by atoms with Crippen molar-refractivity contribution in [1.82, 2.24) is 4.90 Å². The third kappa shape index (κ3) is 4.60.